The molecule has 0 aliphatic carbocycles. The minimum atomic E-state index is -4.14. The number of aliphatic hydroxyl groups excluding tert-OH is 1. The first-order valence-corrected chi connectivity index (χ1v) is 10.2. The molecular formula is C16H10F3NO5S2. The Hall–Kier alpha value is -2.42. The van der Waals surface area contributed by atoms with E-state index >= 15 is 0 Å². The van der Waals surface area contributed by atoms with Gasteiger partial charge in [-0.1, -0.05) is 0 Å². The van der Waals surface area contributed by atoms with Crippen molar-refractivity contribution >= 4 is 20.6 Å². The lowest BCUT2D eigenvalue weighted by Crippen LogP contribution is -2.24. The van der Waals surface area contributed by atoms with Gasteiger partial charge in [0, 0.05) is 17.9 Å². The second kappa shape index (κ2) is 6.33. The number of nitrogens with zero attached hydrogens (tertiary/aromatic N) is 1. The highest BCUT2D eigenvalue weighted by molar-refractivity contribution is 7.92. The third-order valence-electron chi connectivity index (χ3n) is 3.77. The number of nitriles is 1. The Morgan fingerprint density at radius 1 is 1.30 bits per heavy atom. The molecule has 0 saturated carbocycles. The number of aliphatic hydroxyl groups is 1. The van der Waals surface area contributed by atoms with Crippen LogP contribution in [0.2, 0.25) is 0 Å². The molecule has 6 nitrogen and oxygen atoms in total. The maximum absolute atomic E-state index is 14.1. The van der Waals surface area contributed by atoms with Crippen LogP contribution in [0.3, 0.4) is 0 Å². The smallest absolute Gasteiger partial charge is 0.354 e. The maximum atomic E-state index is 14.1. The fourth-order valence-electron chi connectivity index (χ4n) is 2.61. The highest BCUT2D eigenvalue weighted by Crippen LogP contribution is 2.52. The van der Waals surface area contributed by atoms with E-state index in [0.717, 1.165) is 36.6 Å². The van der Waals surface area contributed by atoms with Crippen molar-refractivity contribution in [2.75, 3.05) is 6.26 Å². The average molecular weight is 417 g/mol. The van der Waals surface area contributed by atoms with E-state index in [-0.39, 0.29) is 11.3 Å². The van der Waals surface area contributed by atoms with Crippen molar-refractivity contribution in [3.63, 3.8) is 0 Å². The molecular weight excluding hydrogens is 407 g/mol. The van der Waals surface area contributed by atoms with Crippen LogP contribution in [-0.2, 0) is 20.6 Å². The molecule has 2 unspecified atom stereocenters. The van der Waals surface area contributed by atoms with E-state index in [1.54, 1.807) is 6.07 Å². The van der Waals surface area contributed by atoms with E-state index in [2.05, 4.69) is 0 Å². The van der Waals surface area contributed by atoms with E-state index in [1.807, 2.05) is 0 Å². The Morgan fingerprint density at radius 3 is 2.56 bits per heavy atom. The van der Waals surface area contributed by atoms with E-state index < -0.39 is 58.9 Å². The normalized spacial score (nSPS) is 20.7. The van der Waals surface area contributed by atoms with Crippen molar-refractivity contribution in [3.05, 3.63) is 47.3 Å². The summed E-state index contributed by atoms with van der Waals surface area (Å²) in [6.45, 7) is 0. The Morgan fingerprint density at radius 2 is 1.96 bits per heavy atom. The number of rotatable bonds is 3. The van der Waals surface area contributed by atoms with Gasteiger partial charge in [0.1, 0.15) is 28.1 Å². The lowest BCUT2D eigenvalue weighted by Gasteiger charge is -2.15. The van der Waals surface area contributed by atoms with Gasteiger partial charge in [-0.2, -0.15) is 14.0 Å². The molecule has 0 spiro atoms. The maximum Gasteiger partial charge on any atom is 0.354 e. The SMILES string of the molecule is CS(=O)(=O)c1ccc(Oc2cc(F)cc(C#N)c2)c2c1S(=O)C(F)(F)C2O. The first kappa shape index (κ1) is 19.3. The number of sulfone groups is 1. The van der Waals surface area contributed by atoms with E-state index in [4.69, 9.17) is 10.00 Å². The Balaban J connectivity index is 2.22. The van der Waals surface area contributed by atoms with Crippen LogP contribution in [0.1, 0.15) is 17.2 Å². The van der Waals surface area contributed by atoms with E-state index in [9.17, 15) is 30.9 Å². The van der Waals surface area contributed by atoms with Gasteiger partial charge in [-0.15, -0.1) is 0 Å². The fraction of sp³-hybridized carbons (Fsp3) is 0.188. The van der Waals surface area contributed by atoms with Crippen molar-refractivity contribution in [3.8, 4) is 17.6 Å². The van der Waals surface area contributed by atoms with Crippen LogP contribution in [0.5, 0.6) is 11.5 Å². The molecule has 0 fully saturated rings. The van der Waals surface area contributed by atoms with E-state index in [0.29, 0.717) is 0 Å². The fourth-order valence-corrected chi connectivity index (χ4v) is 5.31. The summed E-state index contributed by atoms with van der Waals surface area (Å²) in [6, 6.07) is 6.51. The Kier molecular flexibility index (Phi) is 4.54. The lowest BCUT2D eigenvalue weighted by atomic mass is 10.1. The van der Waals surface area contributed by atoms with Gasteiger partial charge >= 0.3 is 5.25 Å². The summed E-state index contributed by atoms with van der Waals surface area (Å²) in [7, 11) is -7.18. The predicted molar refractivity (Wildman–Crippen MR) is 87.1 cm³/mol. The van der Waals surface area contributed by atoms with Gasteiger partial charge < -0.3 is 9.84 Å². The van der Waals surface area contributed by atoms with Crippen LogP contribution in [0.4, 0.5) is 13.2 Å². The number of benzene rings is 2. The number of alkyl halides is 2. The molecule has 1 heterocycles. The highest BCUT2D eigenvalue weighted by atomic mass is 32.2. The molecule has 3 rings (SSSR count). The van der Waals surface area contributed by atoms with Crippen LogP contribution in [0.25, 0.3) is 0 Å². The quantitative estimate of drug-likeness (QED) is 0.823. The minimum Gasteiger partial charge on any atom is -0.457 e. The van der Waals surface area contributed by atoms with Crippen LogP contribution < -0.4 is 4.74 Å². The molecule has 27 heavy (non-hydrogen) atoms. The van der Waals surface area contributed by atoms with Gasteiger partial charge in [-0.25, -0.2) is 17.0 Å². The van der Waals surface area contributed by atoms with Gasteiger partial charge in [-0.05, 0) is 24.3 Å². The highest BCUT2D eigenvalue weighted by Gasteiger charge is 2.57. The number of hydrogen-bond donors (Lipinski definition) is 1. The molecule has 1 aliphatic heterocycles. The largest absolute Gasteiger partial charge is 0.457 e. The molecule has 0 amide bonds. The lowest BCUT2D eigenvalue weighted by molar-refractivity contribution is -0.0352. The number of halogens is 3. The zero-order valence-corrected chi connectivity index (χ0v) is 15.1. The first-order chi connectivity index (χ1) is 12.5. The van der Waals surface area contributed by atoms with Crippen LogP contribution in [0, 0.1) is 17.1 Å². The molecule has 0 saturated heterocycles. The van der Waals surface area contributed by atoms with Crippen LogP contribution >= 0.6 is 0 Å². The molecule has 2 atom stereocenters. The second-order valence-electron chi connectivity index (χ2n) is 5.70. The second-order valence-corrected chi connectivity index (χ2v) is 9.17. The standard InChI is InChI=1S/C16H10F3NO5S2/c1-27(23,24)12-3-2-11(13-14(12)26(22)16(18,19)15(13)21)25-10-5-8(7-20)4-9(17)6-10/h2-6,15,21H,1H3. The summed E-state index contributed by atoms with van der Waals surface area (Å²) in [5.74, 6) is -1.50. The van der Waals surface area contributed by atoms with Crippen molar-refractivity contribution in [2.45, 2.75) is 21.1 Å². The molecule has 1 aliphatic rings. The molecule has 2 aromatic rings. The topological polar surface area (TPSA) is 104 Å². The number of hydrogen-bond acceptors (Lipinski definition) is 6. The summed E-state index contributed by atoms with van der Waals surface area (Å²) in [4.78, 5) is -1.39. The van der Waals surface area contributed by atoms with Gasteiger partial charge in [0.25, 0.3) is 0 Å². The predicted octanol–water partition coefficient (Wildman–Crippen LogP) is 2.64. The third-order valence-corrected chi connectivity index (χ3v) is 6.57. The summed E-state index contributed by atoms with van der Waals surface area (Å²) < 4.78 is 82.9. The van der Waals surface area contributed by atoms with Gasteiger partial charge in [0.15, 0.2) is 15.9 Å². The van der Waals surface area contributed by atoms with Gasteiger partial charge in [-0.3, -0.25) is 0 Å². The summed E-state index contributed by atoms with van der Waals surface area (Å²) >= 11 is 0. The van der Waals surface area contributed by atoms with Gasteiger partial charge in [0.05, 0.1) is 21.4 Å². The molecule has 0 aromatic heterocycles. The zero-order valence-electron chi connectivity index (χ0n) is 13.4. The van der Waals surface area contributed by atoms with E-state index in [1.165, 1.54) is 0 Å². The third kappa shape index (κ3) is 3.20. The minimum absolute atomic E-state index is 0.108. The first-order valence-electron chi connectivity index (χ1n) is 7.20. The van der Waals surface area contributed by atoms with Crippen molar-refractivity contribution < 1.29 is 35.6 Å². The average Bonchev–Trinajstić information content (AvgIpc) is 2.75. The summed E-state index contributed by atoms with van der Waals surface area (Å²) in [5.41, 5.74) is -0.770. The van der Waals surface area contributed by atoms with Crippen molar-refractivity contribution in [1.82, 2.24) is 0 Å². The van der Waals surface area contributed by atoms with Gasteiger partial charge in [0.2, 0.25) is 0 Å². The zero-order chi connectivity index (χ0) is 20.1. The molecule has 2 aromatic carbocycles. The van der Waals surface area contributed by atoms with Crippen molar-refractivity contribution in [1.29, 1.82) is 5.26 Å². The molecule has 0 radical (unpaired) electrons. The van der Waals surface area contributed by atoms with Crippen LogP contribution in [-0.4, -0.2) is 29.2 Å². The molecule has 0 bridgehead atoms. The molecule has 11 heteroatoms. The number of ether oxygens (including phenoxy) is 1. The summed E-state index contributed by atoms with van der Waals surface area (Å²) in [5, 5.41) is 14.7. The Bertz CT molecular complexity index is 1130. The number of fused-ring (bicyclic) bond motifs is 1. The summed E-state index contributed by atoms with van der Waals surface area (Å²) in [6.07, 6.45) is -1.84. The van der Waals surface area contributed by atoms with Crippen LogP contribution in [0.15, 0.2) is 40.1 Å². The molecule has 1 N–H and O–H groups in total. The molecule has 142 valence electrons. The van der Waals surface area contributed by atoms with Crippen molar-refractivity contribution in [2.24, 2.45) is 0 Å². The monoisotopic (exact) mass is 417 g/mol. The Labute approximate surface area is 154 Å².